The van der Waals surface area contributed by atoms with Gasteiger partial charge in [0.1, 0.15) is 0 Å². The molecule has 9 heteroatoms. The molecule has 2 heterocycles. The van der Waals surface area contributed by atoms with Gasteiger partial charge in [-0.3, -0.25) is 4.79 Å². The highest BCUT2D eigenvalue weighted by Crippen LogP contribution is 2.10. The molecule has 1 aliphatic heterocycles. The van der Waals surface area contributed by atoms with Crippen molar-refractivity contribution in [2.24, 2.45) is 0 Å². The summed E-state index contributed by atoms with van der Waals surface area (Å²) in [5.74, 6) is -0.682. The van der Waals surface area contributed by atoms with Gasteiger partial charge >= 0.3 is 17.3 Å². The predicted molar refractivity (Wildman–Crippen MR) is 76.5 cm³/mol. The van der Waals surface area contributed by atoms with Crippen LogP contribution >= 0.6 is 11.8 Å². The highest BCUT2D eigenvalue weighted by molar-refractivity contribution is 8.13. The van der Waals surface area contributed by atoms with Crippen molar-refractivity contribution in [3.63, 3.8) is 0 Å². The average Bonchev–Trinajstić information content (AvgIpc) is 2.67. The van der Waals surface area contributed by atoms with Gasteiger partial charge in [0.25, 0.3) is 0 Å². The van der Waals surface area contributed by atoms with Crippen LogP contribution in [0.3, 0.4) is 0 Å². The van der Waals surface area contributed by atoms with Gasteiger partial charge in [0.15, 0.2) is 11.2 Å². The lowest BCUT2D eigenvalue weighted by Gasteiger charge is -2.16. The Morgan fingerprint density at radius 2 is 2.10 bits per heavy atom. The van der Waals surface area contributed by atoms with E-state index in [0.29, 0.717) is 12.2 Å². The molecule has 0 aromatic carbocycles. The summed E-state index contributed by atoms with van der Waals surface area (Å²) in [5, 5.41) is 9.09. The summed E-state index contributed by atoms with van der Waals surface area (Å²) in [6.45, 7) is 1.79. The maximum atomic E-state index is 12.2. The van der Waals surface area contributed by atoms with E-state index in [-0.39, 0.29) is 18.2 Å². The molecule has 8 nitrogen and oxygen atoms in total. The van der Waals surface area contributed by atoms with E-state index in [9.17, 15) is 19.2 Å². The Kier molecular flexibility index (Phi) is 4.51. The number of hydrogen-bond donors (Lipinski definition) is 1. The maximum absolute atomic E-state index is 12.2. The Morgan fingerprint density at radius 1 is 1.38 bits per heavy atom. The zero-order valence-corrected chi connectivity index (χ0v) is 12.2. The van der Waals surface area contributed by atoms with E-state index in [2.05, 4.69) is 0 Å². The number of nitrogens with zero attached hydrogens (tertiary/aromatic N) is 3. The Bertz CT molecular complexity index is 711. The molecule has 114 valence electrons. The summed E-state index contributed by atoms with van der Waals surface area (Å²) in [6, 6.07) is -1.16. The van der Waals surface area contributed by atoms with E-state index in [4.69, 9.17) is 5.11 Å². The van der Waals surface area contributed by atoms with Gasteiger partial charge in [0, 0.05) is 19.2 Å². The van der Waals surface area contributed by atoms with Crippen molar-refractivity contribution in [2.45, 2.75) is 32.5 Å². The molecule has 1 aliphatic rings. The molecule has 1 unspecified atom stereocenters. The fourth-order valence-electron chi connectivity index (χ4n) is 2.16. The first-order chi connectivity index (χ1) is 9.93. The van der Waals surface area contributed by atoms with E-state index in [0.717, 1.165) is 25.7 Å². The lowest BCUT2D eigenvalue weighted by molar-refractivity contribution is -0.140. The van der Waals surface area contributed by atoms with Gasteiger partial charge in [-0.2, -0.15) is 0 Å². The van der Waals surface area contributed by atoms with Crippen molar-refractivity contribution >= 4 is 22.8 Å². The van der Waals surface area contributed by atoms with E-state index in [1.165, 1.54) is 13.0 Å². The number of carbonyl (C=O) groups is 2. The van der Waals surface area contributed by atoms with Crippen LogP contribution in [0.1, 0.15) is 19.4 Å². The Balaban J connectivity index is 2.26. The number of carbonyl (C=O) groups excluding carboxylic acids is 1. The third-order valence-corrected chi connectivity index (χ3v) is 3.98. The lowest BCUT2D eigenvalue weighted by Crippen LogP contribution is -2.36. The van der Waals surface area contributed by atoms with Crippen molar-refractivity contribution in [1.82, 2.24) is 13.9 Å². The number of aliphatic carboxylic acids is 1. The van der Waals surface area contributed by atoms with Crippen LogP contribution in [-0.4, -0.2) is 35.9 Å². The Hall–Kier alpha value is -2.03. The second-order valence-electron chi connectivity index (χ2n) is 4.55. The van der Waals surface area contributed by atoms with Crippen LogP contribution in [0.4, 0.5) is 0 Å². The van der Waals surface area contributed by atoms with Crippen molar-refractivity contribution in [3.8, 4) is 0 Å². The highest BCUT2D eigenvalue weighted by atomic mass is 32.2. The summed E-state index contributed by atoms with van der Waals surface area (Å²) >= 11 is 1.13. The monoisotopic (exact) mass is 313 g/mol. The molecule has 0 bridgehead atoms. The third-order valence-electron chi connectivity index (χ3n) is 3.08. The number of rotatable bonds is 5. The second-order valence-corrected chi connectivity index (χ2v) is 5.82. The first kappa shape index (κ1) is 15.4. The van der Waals surface area contributed by atoms with Gasteiger partial charge in [0.05, 0.1) is 6.54 Å². The predicted octanol–water partition coefficient (Wildman–Crippen LogP) is -0.323. The second kappa shape index (κ2) is 6.17. The minimum Gasteiger partial charge on any atom is -0.479 e. The zero-order valence-electron chi connectivity index (χ0n) is 11.4. The largest absolute Gasteiger partial charge is 0.479 e. The normalized spacial score (nSPS) is 16.7. The molecule has 1 aromatic heterocycles. The van der Waals surface area contributed by atoms with E-state index in [1.54, 1.807) is 6.08 Å². The number of allylic oxidation sites excluding steroid dienone is 1. The number of carboxylic acid groups (broad SMARTS) is 1. The zero-order chi connectivity index (χ0) is 15.6. The van der Waals surface area contributed by atoms with Crippen LogP contribution < -0.4 is 11.4 Å². The summed E-state index contributed by atoms with van der Waals surface area (Å²) in [4.78, 5) is 46.3. The fraction of sp³-hybridized carbons (Fsp3) is 0.500. The van der Waals surface area contributed by atoms with Crippen LogP contribution in [0.5, 0.6) is 0 Å². The molecular weight excluding hydrogens is 298 g/mol. The van der Waals surface area contributed by atoms with Crippen LogP contribution in [-0.2, 0) is 22.7 Å². The number of aromatic nitrogens is 3. The quantitative estimate of drug-likeness (QED) is 0.590. The number of hydrogen-bond acceptors (Lipinski definition) is 5. The third kappa shape index (κ3) is 3.02. The van der Waals surface area contributed by atoms with Crippen molar-refractivity contribution in [1.29, 1.82) is 0 Å². The molecule has 0 radical (unpaired) electrons. The molecule has 0 fully saturated rings. The molecule has 1 aromatic rings. The molecule has 0 spiro atoms. The van der Waals surface area contributed by atoms with Gasteiger partial charge in [0.2, 0.25) is 0 Å². The number of thioether (sulfide) groups is 1. The standard InChI is InChI=1S/C12H15N3O5S/c1-8(16)21-7-3-5-13-11(19)14-6-2-4-9(10(17)18)15(14)12(13)20/h2,4,9H,3,5-7H2,1H3,(H,17,18). The molecule has 0 amide bonds. The van der Waals surface area contributed by atoms with Crippen molar-refractivity contribution in [2.75, 3.05) is 5.75 Å². The fourth-order valence-corrected chi connectivity index (χ4v) is 2.72. The molecule has 0 aliphatic carbocycles. The van der Waals surface area contributed by atoms with Gasteiger partial charge in [-0.1, -0.05) is 23.9 Å². The van der Waals surface area contributed by atoms with Crippen molar-refractivity contribution in [3.05, 3.63) is 33.1 Å². The highest BCUT2D eigenvalue weighted by Gasteiger charge is 2.27. The van der Waals surface area contributed by atoms with Crippen LogP contribution in [0, 0.1) is 0 Å². The molecule has 2 rings (SSSR count). The van der Waals surface area contributed by atoms with Gasteiger partial charge in [-0.05, 0) is 6.42 Å². The van der Waals surface area contributed by atoms with Gasteiger partial charge in [-0.25, -0.2) is 28.3 Å². The van der Waals surface area contributed by atoms with E-state index in [1.807, 2.05) is 0 Å². The number of fused-ring (bicyclic) bond motifs is 1. The first-order valence-corrected chi connectivity index (χ1v) is 7.37. The maximum Gasteiger partial charge on any atom is 0.348 e. The minimum atomic E-state index is -1.19. The summed E-state index contributed by atoms with van der Waals surface area (Å²) in [6.07, 6.45) is 3.42. The lowest BCUT2D eigenvalue weighted by atomic mass is 10.2. The molecule has 0 saturated carbocycles. The Morgan fingerprint density at radius 3 is 2.71 bits per heavy atom. The van der Waals surface area contributed by atoms with Gasteiger partial charge < -0.3 is 5.11 Å². The van der Waals surface area contributed by atoms with E-state index >= 15 is 0 Å². The van der Waals surface area contributed by atoms with Crippen LogP contribution in [0.25, 0.3) is 0 Å². The molecule has 1 N–H and O–H groups in total. The average molecular weight is 313 g/mol. The molecule has 0 saturated heterocycles. The first-order valence-electron chi connectivity index (χ1n) is 6.38. The van der Waals surface area contributed by atoms with Crippen molar-refractivity contribution < 1.29 is 14.7 Å². The number of carboxylic acids is 1. The van der Waals surface area contributed by atoms with Crippen LogP contribution in [0.15, 0.2) is 21.7 Å². The molecule has 21 heavy (non-hydrogen) atoms. The Labute approximate surface area is 123 Å². The van der Waals surface area contributed by atoms with E-state index < -0.39 is 23.4 Å². The summed E-state index contributed by atoms with van der Waals surface area (Å²) in [7, 11) is 0. The SMILES string of the molecule is CC(=O)SCCCn1c(=O)n2n(c1=O)C(C(=O)O)C=CC2. The topological polar surface area (TPSA) is 103 Å². The van der Waals surface area contributed by atoms with Crippen LogP contribution in [0.2, 0.25) is 0 Å². The summed E-state index contributed by atoms with van der Waals surface area (Å²) in [5.41, 5.74) is -1.16. The summed E-state index contributed by atoms with van der Waals surface area (Å²) < 4.78 is 3.10. The minimum absolute atomic E-state index is 0.0228. The smallest absolute Gasteiger partial charge is 0.348 e. The van der Waals surface area contributed by atoms with Gasteiger partial charge in [-0.15, -0.1) is 0 Å². The molecular formula is C12H15N3O5S. The molecule has 1 atom stereocenters.